The van der Waals surface area contributed by atoms with Crippen molar-refractivity contribution < 1.29 is 4.79 Å². The van der Waals surface area contributed by atoms with E-state index in [-0.39, 0.29) is 11.9 Å². The molecule has 0 aliphatic heterocycles. The van der Waals surface area contributed by atoms with Crippen LogP contribution in [-0.2, 0) is 0 Å². The van der Waals surface area contributed by atoms with Crippen LogP contribution < -0.4 is 0 Å². The predicted octanol–water partition coefficient (Wildman–Crippen LogP) is 2.82. The third kappa shape index (κ3) is 2.48. The number of halogens is 1. The van der Waals surface area contributed by atoms with Crippen LogP contribution in [0.3, 0.4) is 0 Å². The predicted molar refractivity (Wildman–Crippen MR) is 58.7 cm³/mol. The van der Waals surface area contributed by atoms with Crippen molar-refractivity contribution in [2.45, 2.75) is 19.9 Å². The number of hydrogen-bond acceptors (Lipinski definition) is 1. The van der Waals surface area contributed by atoms with Gasteiger partial charge in [-0.1, -0.05) is 17.7 Å². The van der Waals surface area contributed by atoms with Gasteiger partial charge < -0.3 is 4.90 Å². The molecule has 0 aliphatic carbocycles. The van der Waals surface area contributed by atoms with Crippen molar-refractivity contribution in [1.82, 2.24) is 4.90 Å². The van der Waals surface area contributed by atoms with E-state index < -0.39 is 0 Å². The summed E-state index contributed by atoms with van der Waals surface area (Å²) >= 11 is 5.80. The minimum absolute atomic E-state index is 0.00231. The van der Waals surface area contributed by atoms with Crippen LogP contribution in [0, 0.1) is 0 Å². The number of hydrogen-bond donors (Lipinski definition) is 0. The van der Waals surface area contributed by atoms with Crippen LogP contribution in [0.2, 0.25) is 5.02 Å². The van der Waals surface area contributed by atoms with Gasteiger partial charge in [0.15, 0.2) is 0 Å². The second kappa shape index (κ2) is 4.47. The van der Waals surface area contributed by atoms with Gasteiger partial charge in [0, 0.05) is 23.7 Å². The lowest BCUT2D eigenvalue weighted by Gasteiger charge is -2.21. The zero-order valence-electron chi connectivity index (χ0n) is 8.62. The highest BCUT2D eigenvalue weighted by molar-refractivity contribution is 6.30. The molecule has 0 atom stereocenters. The lowest BCUT2D eigenvalue weighted by atomic mass is 10.2. The fourth-order valence-corrected chi connectivity index (χ4v) is 1.25. The smallest absolute Gasteiger partial charge is 0.253 e. The van der Waals surface area contributed by atoms with E-state index in [2.05, 4.69) is 0 Å². The fourth-order valence-electron chi connectivity index (χ4n) is 1.06. The van der Waals surface area contributed by atoms with Crippen molar-refractivity contribution in [2.75, 3.05) is 7.05 Å². The van der Waals surface area contributed by atoms with Gasteiger partial charge in [-0.25, -0.2) is 0 Å². The summed E-state index contributed by atoms with van der Waals surface area (Å²) in [6, 6.07) is 7.19. The van der Waals surface area contributed by atoms with E-state index in [1.54, 1.807) is 36.2 Å². The van der Waals surface area contributed by atoms with Gasteiger partial charge in [0.25, 0.3) is 5.91 Å². The quantitative estimate of drug-likeness (QED) is 0.737. The van der Waals surface area contributed by atoms with Crippen LogP contribution in [-0.4, -0.2) is 23.9 Å². The molecule has 1 amide bonds. The van der Waals surface area contributed by atoms with E-state index in [1.807, 2.05) is 13.8 Å². The molecule has 3 heteroatoms. The Morgan fingerprint density at radius 1 is 1.43 bits per heavy atom. The molecule has 0 bridgehead atoms. The van der Waals surface area contributed by atoms with Crippen LogP contribution >= 0.6 is 11.6 Å². The van der Waals surface area contributed by atoms with Crippen molar-refractivity contribution in [3.63, 3.8) is 0 Å². The Morgan fingerprint density at radius 3 is 2.57 bits per heavy atom. The van der Waals surface area contributed by atoms with Gasteiger partial charge in [-0.05, 0) is 32.0 Å². The van der Waals surface area contributed by atoms with Crippen molar-refractivity contribution in [1.29, 1.82) is 0 Å². The highest BCUT2D eigenvalue weighted by Gasteiger charge is 2.13. The summed E-state index contributed by atoms with van der Waals surface area (Å²) in [5.41, 5.74) is 0.633. The Morgan fingerprint density at radius 2 is 2.07 bits per heavy atom. The first-order valence-electron chi connectivity index (χ1n) is 4.55. The Balaban J connectivity index is 2.89. The molecule has 0 aromatic heterocycles. The maximum Gasteiger partial charge on any atom is 0.253 e. The van der Waals surface area contributed by atoms with Crippen molar-refractivity contribution in [3.05, 3.63) is 34.9 Å². The van der Waals surface area contributed by atoms with Gasteiger partial charge in [-0.3, -0.25) is 4.79 Å². The summed E-state index contributed by atoms with van der Waals surface area (Å²) < 4.78 is 0. The van der Waals surface area contributed by atoms with Crippen molar-refractivity contribution in [2.24, 2.45) is 0 Å². The maximum atomic E-state index is 11.8. The molecule has 0 N–H and O–H groups in total. The van der Waals surface area contributed by atoms with Crippen LogP contribution in [0.5, 0.6) is 0 Å². The molecule has 0 fully saturated rings. The third-order valence-corrected chi connectivity index (χ3v) is 2.40. The summed E-state index contributed by atoms with van der Waals surface area (Å²) in [5, 5.41) is 0.591. The van der Waals surface area contributed by atoms with E-state index >= 15 is 0 Å². The van der Waals surface area contributed by atoms with Gasteiger partial charge in [0.2, 0.25) is 0 Å². The Kier molecular flexibility index (Phi) is 3.53. The normalized spacial score (nSPS) is 10.4. The molecule has 0 saturated carbocycles. The molecule has 76 valence electrons. The molecule has 2 nitrogen and oxygen atoms in total. The standard InChI is InChI=1S/C11H14ClNO/c1-8(2)13(3)11(14)9-5-4-6-10(12)7-9/h4-8H,1-3H3. The zero-order chi connectivity index (χ0) is 10.7. The first-order chi connectivity index (χ1) is 6.52. The highest BCUT2D eigenvalue weighted by Crippen LogP contribution is 2.13. The van der Waals surface area contributed by atoms with E-state index in [4.69, 9.17) is 11.6 Å². The molecule has 0 saturated heterocycles. The first kappa shape index (κ1) is 11.1. The van der Waals surface area contributed by atoms with Crippen LogP contribution in [0.1, 0.15) is 24.2 Å². The summed E-state index contributed by atoms with van der Waals surface area (Å²) in [6.45, 7) is 3.95. The molecule has 0 unspecified atom stereocenters. The number of rotatable bonds is 2. The zero-order valence-corrected chi connectivity index (χ0v) is 9.38. The van der Waals surface area contributed by atoms with Gasteiger partial charge in [-0.15, -0.1) is 0 Å². The SMILES string of the molecule is CC(C)N(C)C(=O)c1cccc(Cl)c1. The van der Waals surface area contributed by atoms with E-state index in [9.17, 15) is 4.79 Å². The Hall–Kier alpha value is -1.02. The molecule has 0 radical (unpaired) electrons. The second-order valence-electron chi connectivity index (χ2n) is 3.52. The van der Waals surface area contributed by atoms with E-state index in [1.165, 1.54) is 0 Å². The largest absolute Gasteiger partial charge is 0.339 e. The highest BCUT2D eigenvalue weighted by atomic mass is 35.5. The monoisotopic (exact) mass is 211 g/mol. The number of nitrogens with zero attached hydrogens (tertiary/aromatic N) is 1. The van der Waals surface area contributed by atoms with Crippen molar-refractivity contribution >= 4 is 17.5 Å². The number of amides is 1. The van der Waals surface area contributed by atoms with Gasteiger partial charge in [-0.2, -0.15) is 0 Å². The molecule has 1 aromatic rings. The average Bonchev–Trinajstić information content (AvgIpc) is 2.15. The molecule has 1 aromatic carbocycles. The molecule has 0 heterocycles. The lowest BCUT2D eigenvalue weighted by Crippen LogP contribution is -2.32. The van der Waals surface area contributed by atoms with E-state index in [0.717, 1.165) is 0 Å². The van der Waals surface area contributed by atoms with Gasteiger partial charge in [0.05, 0.1) is 0 Å². The molecule has 0 aliphatic rings. The minimum Gasteiger partial charge on any atom is -0.339 e. The fraction of sp³-hybridized carbons (Fsp3) is 0.364. The summed E-state index contributed by atoms with van der Waals surface area (Å²) in [4.78, 5) is 13.5. The third-order valence-electron chi connectivity index (χ3n) is 2.17. The Bertz CT molecular complexity index is 336. The minimum atomic E-state index is 0.00231. The molecule has 1 rings (SSSR count). The number of benzene rings is 1. The second-order valence-corrected chi connectivity index (χ2v) is 3.96. The van der Waals surface area contributed by atoms with Crippen LogP contribution in [0.4, 0.5) is 0 Å². The molecule has 0 spiro atoms. The first-order valence-corrected chi connectivity index (χ1v) is 4.93. The maximum absolute atomic E-state index is 11.8. The topological polar surface area (TPSA) is 20.3 Å². The molecular weight excluding hydrogens is 198 g/mol. The average molecular weight is 212 g/mol. The Labute approximate surface area is 89.5 Å². The summed E-state index contributed by atoms with van der Waals surface area (Å²) in [6.07, 6.45) is 0. The van der Waals surface area contributed by atoms with Crippen LogP contribution in [0.25, 0.3) is 0 Å². The van der Waals surface area contributed by atoms with Gasteiger partial charge >= 0.3 is 0 Å². The lowest BCUT2D eigenvalue weighted by molar-refractivity contribution is 0.0755. The summed E-state index contributed by atoms with van der Waals surface area (Å²) in [7, 11) is 1.79. The van der Waals surface area contributed by atoms with E-state index in [0.29, 0.717) is 10.6 Å². The number of carbonyl (C=O) groups is 1. The molecule has 14 heavy (non-hydrogen) atoms. The number of carbonyl (C=O) groups excluding carboxylic acids is 1. The van der Waals surface area contributed by atoms with Gasteiger partial charge in [0.1, 0.15) is 0 Å². The molecular formula is C11H14ClNO. The van der Waals surface area contributed by atoms with Crippen LogP contribution in [0.15, 0.2) is 24.3 Å². The summed E-state index contributed by atoms with van der Waals surface area (Å²) in [5.74, 6) is 0.00231. The van der Waals surface area contributed by atoms with Crippen molar-refractivity contribution in [3.8, 4) is 0 Å².